The molecule has 1 aromatic carbocycles. The Hall–Kier alpha value is -1.06. The predicted molar refractivity (Wildman–Crippen MR) is 81.0 cm³/mol. The first-order valence-corrected chi connectivity index (χ1v) is 7.69. The Morgan fingerprint density at radius 2 is 1.95 bits per heavy atom. The van der Waals surface area contributed by atoms with Gasteiger partial charge in [0, 0.05) is 26.4 Å². The van der Waals surface area contributed by atoms with Gasteiger partial charge in [-0.15, -0.1) is 0 Å². The topological polar surface area (TPSA) is 32.7 Å². The molecule has 3 nitrogen and oxygen atoms in total. The van der Waals surface area contributed by atoms with Crippen molar-refractivity contribution in [1.29, 1.82) is 0 Å². The molecule has 1 aliphatic heterocycles. The number of benzene rings is 1. The highest BCUT2D eigenvalue weighted by Crippen LogP contribution is 2.47. The summed E-state index contributed by atoms with van der Waals surface area (Å²) >= 11 is 0. The molecule has 0 aromatic heterocycles. The monoisotopic (exact) mass is 275 g/mol. The number of nitrogens with zero attached hydrogens (tertiary/aromatic N) is 1. The van der Waals surface area contributed by atoms with E-state index in [1.807, 2.05) is 14.1 Å². The van der Waals surface area contributed by atoms with Crippen LogP contribution in [0.5, 0.6) is 0 Å². The zero-order chi connectivity index (χ0) is 14.2. The van der Waals surface area contributed by atoms with E-state index in [0.717, 1.165) is 25.0 Å². The first-order valence-electron chi connectivity index (χ1n) is 7.69. The molecule has 1 aromatic rings. The van der Waals surface area contributed by atoms with Gasteiger partial charge in [0.15, 0.2) is 0 Å². The van der Waals surface area contributed by atoms with Crippen LogP contribution in [0, 0.1) is 5.92 Å². The predicted octanol–water partition coefficient (Wildman–Crippen LogP) is 3.14. The Balaban J connectivity index is 1.69. The standard InChI is InChI=1S/C17H25NO2/c1-18(2)15-6-4-13(5-7-15)16(19)14-8-11-20-17(12-14)9-3-10-17/h4-7,14,16,19H,3,8-12H2,1-2H3. The average Bonchev–Trinajstić information content (AvgIpc) is 2.45. The molecule has 2 unspecified atom stereocenters. The van der Waals surface area contributed by atoms with E-state index in [2.05, 4.69) is 29.2 Å². The number of rotatable bonds is 3. The lowest BCUT2D eigenvalue weighted by molar-refractivity contribution is -0.157. The Kier molecular flexibility index (Phi) is 3.74. The quantitative estimate of drug-likeness (QED) is 0.920. The summed E-state index contributed by atoms with van der Waals surface area (Å²) in [6.45, 7) is 0.803. The fourth-order valence-corrected chi connectivity index (χ4v) is 3.50. The molecule has 0 bridgehead atoms. The fraction of sp³-hybridized carbons (Fsp3) is 0.647. The lowest BCUT2D eigenvalue weighted by Gasteiger charge is -2.48. The highest BCUT2D eigenvalue weighted by Gasteiger charge is 2.44. The van der Waals surface area contributed by atoms with E-state index in [1.165, 1.54) is 24.9 Å². The molecule has 110 valence electrons. The van der Waals surface area contributed by atoms with E-state index in [-0.39, 0.29) is 11.7 Å². The van der Waals surface area contributed by atoms with Crippen LogP contribution in [0.2, 0.25) is 0 Å². The summed E-state index contributed by atoms with van der Waals surface area (Å²) in [7, 11) is 4.06. The number of aliphatic hydroxyl groups is 1. The van der Waals surface area contributed by atoms with Gasteiger partial charge < -0.3 is 14.7 Å². The highest BCUT2D eigenvalue weighted by molar-refractivity contribution is 5.46. The maximum Gasteiger partial charge on any atom is 0.0820 e. The molecule has 3 rings (SSSR count). The van der Waals surface area contributed by atoms with Crippen LogP contribution in [-0.4, -0.2) is 31.4 Å². The summed E-state index contributed by atoms with van der Waals surface area (Å²) in [6.07, 6.45) is 5.26. The molecule has 20 heavy (non-hydrogen) atoms. The minimum Gasteiger partial charge on any atom is -0.388 e. The molecule has 2 aliphatic rings. The SMILES string of the molecule is CN(C)c1ccc(C(O)C2CCOC3(CCC3)C2)cc1. The van der Waals surface area contributed by atoms with Crippen LogP contribution >= 0.6 is 0 Å². The maximum absolute atomic E-state index is 10.7. The highest BCUT2D eigenvalue weighted by atomic mass is 16.5. The van der Waals surface area contributed by atoms with Crippen molar-refractivity contribution < 1.29 is 9.84 Å². The Labute approximate surface area is 121 Å². The first-order chi connectivity index (χ1) is 9.60. The molecule has 1 saturated heterocycles. The molecule has 1 N–H and O–H groups in total. The molecule has 1 spiro atoms. The van der Waals surface area contributed by atoms with Crippen LogP contribution in [0.15, 0.2) is 24.3 Å². The smallest absolute Gasteiger partial charge is 0.0820 e. The minimum absolute atomic E-state index is 0.105. The molecule has 2 fully saturated rings. The second-order valence-electron chi connectivity index (χ2n) is 6.57. The normalized spacial score (nSPS) is 26.1. The second kappa shape index (κ2) is 5.38. The third kappa shape index (κ3) is 2.57. The molecule has 1 saturated carbocycles. The molecule has 1 heterocycles. The Morgan fingerprint density at radius 3 is 2.50 bits per heavy atom. The number of hydrogen-bond donors (Lipinski definition) is 1. The molecule has 0 radical (unpaired) electrons. The first kappa shape index (κ1) is 13.9. The third-order valence-electron chi connectivity index (χ3n) is 4.99. The maximum atomic E-state index is 10.7. The van der Waals surface area contributed by atoms with Gasteiger partial charge in [-0.05, 0) is 55.7 Å². The van der Waals surface area contributed by atoms with Gasteiger partial charge in [0.05, 0.1) is 11.7 Å². The molecule has 2 atom stereocenters. The molecule has 0 amide bonds. The van der Waals surface area contributed by atoms with E-state index in [9.17, 15) is 5.11 Å². The third-order valence-corrected chi connectivity index (χ3v) is 4.99. The van der Waals surface area contributed by atoms with Crippen molar-refractivity contribution in [3.63, 3.8) is 0 Å². The molecule has 1 aliphatic carbocycles. The van der Waals surface area contributed by atoms with Gasteiger partial charge in [0.1, 0.15) is 0 Å². The van der Waals surface area contributed by atoms with Crippen molar-refractivity contribution in [2.45, 2.75) is 43.8 Å². The van der Waals surface area contributed by atoms with Gasteiger partial charge in [-0.25, -0.2) is 0 Å². The van der Waals surface area contributed by atoms with Gasteiger partial charge in [-0.3, -0.25) is 0 Å². The van der Waals surface area contributed by atoms with Crippen molar-refractivity contribution in [2.75, 3.05) is 25.6 Å². The molecular formula is C17H25NO2. The van der Waals surface area contributed by atoms with E-state index in [4.69, 9.17) is 4.74 Å². The van der Waals surface area contributed by atoms with Crippen LogP contribution in [0.25, 0.3) is 0 Å². The van der Waals surface area contributed by atoms with Crippen LogP contribution in [0.1, 0.15) is 43.8 Å². The van der Waals surface area contributed by atoms with Crippen LogP contribution in [-0.2, 0) is 4.74 Å². The fourth-order valence-electron chi connectivity index (χ4n) is 3.50. The number of aliphatic hydroxyl groups excluding tert-OH is 1. The number of ether oxygens (including phenoxy) is 1. The molecular weight excluding hydrogens is 250 g/mol. The summed E-state index contributed by atoms with van der Waals surface area (Å²) in [5, 5.41) is 10.7. The summed E-state index contributed by atoms with van der Waals surface area (Å²) in [6, 6.07) is 8.28. The van der Waals surface area contributed by atoms with Crippen molar-refractivity contribution in [3.8, 4) is 0 Å². The van der Waals surface area contributed by atoms with E-state index in [1.54, 1.807) is 0 Å². The second-order valence-corrected chi connectivity index (χ2v) is 6.57. The summed E-state index contributed by atoms with van der Waals surface area (Å²) < 4.78 is 5.95. The summed E-state index contributed by atoms with van der Waals surface area (Å²) in [4.78, 5) is 2.08. The van der Waals surface area contributed by atoms with E-state index >= 15 is 0 Å². The Morgan fingerprint density at radius 1 is 1.25 bits per heavy atom. The average molecular weight is 275 g/mol. The van der Waals surface area contributed by atoms with Crippen LogP contribution < -0.4 is 4.90 Å². The van der Waals surface area contributed by atoms with Crippen molar-refractivity contribution in [2.24, 2.45) is 5.92 Å². The summed E-state index contributed by atoms with van der Waals surface area (Å²) in [5.74, 6) is 0.342. The number of hydrogen-bond acceptors (Lipinski definition) is 3. The zero-order valence-electron chi connectivity index (χ0n) is 12.5. The molecule has 3 heteroatoms. The summed E-state index contributed by atoms with van der Waals surface area (Å²) in [5.41, 5.74) is 2.31. The van der Waals surface area contributed by atoms with Crippen molar-refractivity contribution >= 4 is 5.69 Å². The van der Waals surface area contributed by atoms with E-state index in [0.29, 0.717) is 5.92 Å². The van der Waals surface area contributed by atoms with Gasteiger partial charge in [0.2, 0.25) is 0 Å². The largest absolute Gasteiger partial charge is 0.388 e. The van der Waals surface area contributed by atoms with Crippen molar-refractivity contribution in [3.05, 3.63) is 29.8 Å². The lowest BCUT2D eigenvalue weighted by atomic mass is 9.70. The Bertz CT molecular complexity index is 451. The van der Waals surface area contributed by atoms with Gasteiger partial charge >= 0.3 is 0 Å². The van der Waals surface area contributed by atoms with Gasteiger partial charge in [-0.1, -0.05) is 12.1 Å². The van der Waals surface area contributed by atoms with Gasteiger partial charge in [0.25, 0.3) is 0 Å². The van der Waals surface area contributed by atoms with Gasteiger partial charge in [-0.2, -0.15) is 0 Å². The van der Waals surface area contributed by atoms with Crippen molar-refractivity contribution in [1.82, 2.24) is 0 Å². The van der Waals surface area contributed by atoms with E-state index < -0.39 is 0 Å². The lowest BCUT2D eigenvalue weighted by Crippen LogP contribution is -2.46. The minimum atomic E-state index is -0.354. The zero-order valence-corrected chi connectivity index (χ0v) is 12.5. The number of anilines is 1. The van der Waals surface area contributed by atoms with Crippen LogP contribution in [0.3, 0.4) is 0 Å². The van der Waals surface area contributed by atoms with Crippen LogP contribution in [0.4, 0.5) is 5.69 Å².